The molecule has 0 amide bonds. The van der Waals surface area contributed by atoms with E-state index in [1.165, 1.54) is 17.2 Å². The molecule has 1 aromatic heterocycles. The molecule has 0 aromatic carbocycles. The van der Waals surface area contributed by atoms with Crippen molar-refractivity contribution in [1.82, 2.24) is 9.88 Å². The molecule has 2 rings (SSSR count). The van der Waals surface area contributed by atoms with Crippen molar-refractivity contribution in [3.8, 4) is 6.07 Å². The Bertz CT molecular complexity index is 515. The van der Waals surface area contributed by atoms with Crippen LogP contribution in [0.1, 0.15) is 5.56 Å². The van der Waals surface area contributed by atoms with Crippen molar-refractivity contribution in [2.75, 3.05) is 43.4 Å². The summed E-state index contributed by atoms with van der Waals surface area (Å²) >= 11 is 0. The second kappa shape index (κ2) is 5.54. The quantitative estimate of drug-likeness (QED) is 0.884. The molecule has 0 bridgehead atoms. The Morgan fingerprint density at radius 1 is 1.30 bits per heavy atom. The molecule has 0 aliphatic carbocycles. The molecule has 1 aromatic rings. The second-order valence-corrected chi connectivity index (χ2v) is 4.63. The Morgan fingerprint density at radius 3 is 2.45 bits per heavy atom. The molecule has 0 atom stereocenters. The lowest BCUT2D eigenvalue weighted by molar-refractivity contribution is -0.146. The van der Waals surface area contributed by atoms with E-state index in [4.69, 9.17) is 11.0 Å². The molecule has 2 heterocycles. The molecule has 108 valence electrons. The van der Waals surface area contributed by atoms with E-state index in [0.717, 1.165) is 0 Å². The lowest BCUT2D eigenvalue weighted by atomic mass is 10.2. The second-order valence-electron chi connectivity index (χ2n) is 4.63. The third-order valence-electron chi connectivity index (χ3n) is 3.10. The Morgan fingerprint density at radius 2 is 1.95 bits per heavy atom. The average molecular weight is 285 g/mol. The van der Waals surface area contributed by atoms with Crippen LogP contribution < -0.4 is 10.6 Å². The number of hydrogen-bond acceptors (Lipinski definition) is 5. The zero-order valence-corrected chi connectivity index (χ0v) is 10.7. The number of aromatic nitrogens is 1. The van der Waals surface area contributed by atoms with E-state index in [-0.39, 0.29) is 0 Å². The van der Waals surface area contributed by atoms with E-state index < -0.39 is 12.7 Å². The molecule has 0 saturated carbocycles. The number of nitriles is 1. The summed E-state index contributed by atoms with van der Waals surface area (Å²) in [5, 5.41) is 8.73. The van der Waals surface area contributed by atoms with Gasteiger partial charge in [-0.3, -0.25) is 4.90 Å². The highest BCUT2D eigenvalue weighted by Gasteiger charge is 2.32. The maximum atomic E-state index is 12.3. The summed E-state index contributed by atoms with van der Waals surface area (Å²) < 4.78 is 36.9. The van der Waals surface area contributed by atoms with Gasteiger partial charge >= 0.3 is 6.18 Å². The number of nitrogens with zero attached hydrogens (tertiary/aromatic N) is 4. The van der Waals surface area contributed by atoms with Crippen molar-refractivity contribution >= 4 is 11.5 Å². The number of pyridine rings is 1. The highest BCUT2D eigenvalue weighted by Crippen LogP contribution is 2.23. The minimum absolute atomic E-state index is 0.306. The van der Waals surface area contributed by atoms with E-state index in [1.54, 1.807) is 0 Å². The summed E-state index contributed by atoms with van der Waals surface area (Å²) in [4.78, 5) is 7.30. The van der Waals surface area contributed by atoms with Gasteiger partial charge in [0.2, 0.25) is 0 Å². The molecule has 2 N–H and O–H groups in total. The summed E-state index contributed by atoms with van der Waals surface area (Å²) in [7, 11) is 0. The van der Waals surface area contributed by atoms with Crippen LogP contribution in [0.25, 0.3) is 0 Å². The van der Waals surface area contributed by atoms with E-state index in [9.17, 15) is 13.2 Å². The molecule has 20 heavy (non-hydrogen) atoms. The van der Waals surface area contributed by atoms with Gasteiger partial charge in [-0.15, -0.1) is 0 Å². The summed E-state index contributed by atoms with van der Waals surface area (Å²) in [6, 6.07) is 3.45. The molecule has 0 spiro atoms. The van der Waals surface area contributed by atoms with E-state index in [0.29, 0.717) is 43.2 Å². The first-order chi connectivity index (χ1) is 9.39. The average Bonchev–Trinajstić information content (AvgIpc) is 2.38. The van der Waals surface area contributed by atoms with Crippen molar-refractivity contribution in [2.45, 2.75) is 6.18 Å². The Balaban J connectivity index is 1.99. The fourth-order valence-electron chi connectivity index (χ4n) is 2.17. The number of nitrogens with two attached hydrogens (primary N) is 1. The SMILES string of the molecule is N#Cc1cnc(N2CCN(CC(F)(F)F)CC2)c(N)c1. The molecule has 0 radical (unpaired) electrons. The van der Waals surface area contributed by atoms with Crippen LogP contribution >= 0.6 is 0 Å². The van der Waals surface area contributed by atoms with Gasteiger partial charge in [0, 0.05) is 32.4 Å². The summed E-state index contributed by atoms with van der Waals surface area (Å²) in [5.74, 6) is 0.524. The zero-order valence-electron chi connectivity index (χ0n) is 10.7. The maximum absolute atomic E-state index is 12.3. The van der Waals surface area contributed by atoms with Crippen LogP contribution in [0.3, 0.4) is 0 Å². The largest absolute Gasteiger partial charge is 0.401 e. The fourth-order valence-corrected chi connectivity index (χ4v) is 2.17. The first-order valence-electron chi connectivity index (χ1n) is 6.09. The number of piperazine rings is 1. The lowest BCUT2D eigenvalue weighted by Crippen LogP contribution is -2.49. The van der Waals surface area contributed by atoms with Crippen molar-refractivity contribution in [2.24, 2.45) is 0 Å². The predicted octanol–water partition coefficient (Wildman–Crippen LogP) is 1.22. The van der Waals surface area contributed by atoms with Gasteiger partial charge in [0.25, 0.3) is 0 Å². The van der Waals surface area contributed by atoms with Gasteiger partial charge in [-0.25, -0.2) is 4.98 Å². The number of rotatable bonds is 2. The summed E-state index contributed by atoms with van der Waals surface area (Å²) in [6.45, 7) is 0.580. The highest BCUT2D eigenvalue weighted by atomic mass is 19.4. The Kier molecular flexibility index (Phi) is 3.99. The lowest BCUT2D eigenvalue weighted by Gasteiger charge is -2.36. The van der Waals surface area contributed by atoms with Gasteiger partial charge in [0.05, 0.1) is 17.8 Å². The maximum Gasteiger partial charge on any atom is 0.401 e. The minimum Gasteiger partial charge on any atom is -0.396 e. The van der Waals surface area contributed by atoms with Gasteiger partial charge < -0.3 is 10.6 Å². The van der Waals surface area contributed by atoms with Crippen molar-refractivity contribution in [1.29, 1.82) is 5.26 Å². The van der Waals surface area contributed by atoms with E-state index in [1.807, 2.05) is 11.0 Å². The highest BCUT2D eigenvalue weighted by molar-refractivity contribution is 5.64. The van der Waals surface area contributed by atoms with Crippen LogP contribution in [0.4, 0.5) is 24.7 Å². The van der Waals surface area contributed by atoms with E-state index in [2.05, 4.69) is 4.98 Å². The first-order valence-corrected chi connectivity index (χ1v) is 6.09. The molecular weight excluding hydrogens is 271 g/mol. The Labute approximate surface area is 114 Å². The van der Waals surface area contributed by atoms with Gasteiger partial charge in [-0.1, -0.05) is 0 Å². The van der Waals surface area contributed by atoms with Crippen molar-refractivity contribution in [3.05, 3.63) is 17.8 Å². The number of nitrogen functional groups attached to an aromatic ring is 1. The molecule has 1 aliphatic heterocycles. The summed E-state index contributed by atoms with van der Waals surface area (Å²) in [5.41, 5.74) is 6.55. The van der Waals surface area contributed by atoms with Crippen LogP contribution in [-0.4, -0.2) is 48.8 Å². The number of anilines is 2. The molecule has 1 saturated heterocycles. The van der Waals surface area contributed by atoms with Gasteiger partial charge in [-0.05, 0) is 6.07 Å². The third-order valence-corrected chi connectivity index (χ3v) is 3.10. The molecule has 1 fully saturated rings. The normalized spacial score (nSPS) is 17.0. The monoisotopic (exact) mass is 285 g/mol. The van der Waals surface area contributed by atoms with Crippen molar-refractivity contribution < 1.29 is 13.2 Å². The molecule has 0 unspecified atom stereocenters. The van der Waals surface area contributed by atoms with Crippen LogP contribution in [0, 0.1) is 11.3 Å². The van der Waals surface area contributed by atoms with Crippen LogP contribution in [0.15, 0.2) is 12.3 Å². The zero-order chi connectivity index (χ0) is 14.8. The molecule has 1 aliphatic rings. The number of hydrogen-bond donors (Lipinski definition) is 1. The third kappa shape index (κ3) is 3.51. The summed E-state index contributed by atoms with van der Waals surface area (Å²) in [6.07, 6.45) is -2.76. The van der Waals surface area contributed by atoms with Crippen LogP contribution in [-0.2, 0) is 0 Å². The van der Waals surface area contributed by atoms with Crippen molar-refractivity contribution in [3.63, 3.8) is 0 Å². The molecule has 8 heteroatoms. The number of halogens is 3. The minimum atomic E-state index is -4.17. The van der Waals surface area contributed by atoms with Gasteiger partial charge in [-0.2, -0.15) is 18.4 Å². The fraction of sp³-hybridized carbons (Fsp3) is 0.500. The Hall–Kier alpha value is -2.01. The van der Waals surface area contributed by atoms with Gasteiger partial charge in [0.1, 0.15) is 6.07 Å². The smallest absolute Gasteiger partial charge is 0.396 e. The topological polar surface area (TPSA) is 69.2 Å². The molecule has 5 nitrogen and oxygen atoms in total. The predicted molar refractivity (Wildman–Crippen MR) is 68.1 cm³/mol. The molecular formula is C12H14F3N5. The van der Waals surface area contributed by atoms with Crippen LogP contribution in [0.5, 0.6) is 0 Å². The van der Waals surface area contributed by atoms with E-state index >= 15 is 0 Å². The first kappa shape index (κ1) is 14.4. The van der Waals surface area contributed by atoms with Gasteiger partial charge in [0.15, 0.2) is 5.82 Å². The number of alkyl halides is 3. The standard InChI is InChI=1S/C12H14F3N5/c13-12(14,15)8-19-1-3-20(4-2-19)11-10(17)5-9(6-16)7-18-11/h5,7H,1-4,8,17H2. The van der Waals surface area contributed by atoms with Crippen LogP contribution in [0.2, 0.25) is 0 Å².